The molecule has 0 aliphatic carbocycles. The molecule has 14 heavy (non-hydrogen) atoms. The maximum absolute atomic E-state index is 10.9. The first kappa shape index (κ1) is 9.55. The molecule has 1 aromatic carbocycles. The van der Waals surface area contributed by atoms with E-state index in [1.807, 2.05) is 23.8 Å². The fraction of sp³-hybridized carbons (Fsp3) is 0.100. The molecular weight excluding hydrogens is 214 g/mol. The smallest absolute Gasteiger partial charge is 0.304 e. The Morgan fingerprint density at radius 2 is 2.00 bits per heavy atom. The molecule has 0 radical (unpaired) electrons. The van der Waals surface area contributed by atoms with Gasteiger partial charge in [0.2, 0.25) is 0 Å². The summed E-state index contributed by atoms with van der Waals surface area (Å²) in [4.78, 5) is 15.0. The van der Waals surface area contributed by atoms with E-state index in [4.69, 9.17) is 0 Å². The van der Waals surface area contributed by atoms with Crippen molar-refractivity contribution in [2.24, 2.45) is 0 Å². The first-order valence-electron chi connectivity index (χ1n) is 4.12. The molecule has 0 spiro atoms. The molecule has 1 N–H and O–H groups in total. The molecule has 0 unspecified atom stereocenters. The highest BCUT2D eigenvalue weighted by Gasteiger charge is 1.99. The summed E-state index contributed by atoms with van der Waals surface area (Å²) in [6, 6.07) is 8.14. The third-order valence-electron chi connectivity index (χ3n) is 1.92. The van der Waals surface area contributed by atoms with Gasteiger partial charge in [0.15, 0.2) is 0 Å². The minimum absolute atomic E-state index is 0.00561. The van der Waals surface area contributed by atoms with Gasteiger partial charge in [0, 0.05) is 10.3 Å². The first-order chi connectivity index (χ1) is 6.79. The second-order valence-electron chi connectivity index (χ2n) is 2.79. The lowest BCUT2D eigenvalue weighted by Gasteiger charge is -1.98. The van der Waals surface area contributed by atoms with Gasteiger partial charge in [0.05, 0.1) is 5.69 Å². The van der Waals surface area contributed by atoms with Crippen molar-refractivity contribution in [2.45, 2.75) is 4.90 Å². The number of benzene rings is 1. The Morgan fingerprint density at radius 1 is 1.29 bits per heavy atom. The average molecular weight is 223 g/mol. The van der Waals surface area contributed by atoms with Crippen molar-refractivity contribution in [1.29, 1.82) is 0 Å². The monoisotopic (exact) mass is 223 g/mol. The fourth-order valence-electron chi connectivity index (χ4n) is 1.19. The second kappa shape index (κ2) is 4.02. The number of nitrogens with one attached hydrogen (secondary N) is 1. The van der Waals surface area contributed by atoms with Gasteiger partial charge in [-0.3, -0.25) is 4.79 Å². The molecule has 2 rings (SSSR count). The van der Waals surface area contributed by atoms with E-state index in [-0.39, 0.29) is 4.87 Å². The highest BCUT2D eigenvalue weighted by atomic mass is 32.2. The summed E-state index contributed by atoms with van der Waals surface area (Å²) in [6.45, 7) is 0. The highest BCUT2D eigenvalue weighted by Crippen LogP contribution is 2.21. The molecule has 0 amide bonds. The van der Waals surface area contributed by atoms with Crippen LogP contribution in [0.1, 0.15) is 0 Å². The maximum atomic E-state index is 10.9. The van der Waals surface area contributed by atoms with Crippen LogP contribution < -0.4 is 4.87 Å². The van der Waals surface area contributed by atoms with Crippen LogP contribution in [-0.4, -0.2) is 11.2 Å². The summed E-state index contributed by atoms with van der Waals surface area (Å²) in [7, 11) is 0. The summed E-state index contributed by atoms with van der Waals surface area (Å²) in [5, 5.41) is 1.84. The minimum atomic E-state index is -0.00561. The first-order valence-corrected chi connectivity index (χ1v) is 6.22. The van der Waals surface area contributed by atoms with Crippen molar-refractivity contribution in [3.8, 4) is 11.3 Å². The Hall–Kier alpha value is -1.00. The molecule has 0 saturated carbocycles. The summed E-state index contributed by atoms with van der Waals surface area (Å²) in [6.07, 6.45) is 2.04. The van der Waals surface area contributed by atoms with E-state index in [0.29, 0.717) is 0 Å². The van der Waals surface area contributed by atoms with Crippen LogP contribution in [0.4, 0.5) is 0 Å². The number of rotatable bonds is 2. The molecular formula is C10H9NOS2. The summed E-state index contributed by atoms with van der Waals surface area (Å²) >= 11 is 2.90. The van der Waals surface area contributed by atoms with E-state index in [1.165, 1.54) is 16.2 Å². The topological polar surface area (TPSA) is 32.9 Å². The zero-order valence-electron chi connectivity index (χ0n) is 7.61. The Balaban J connectivity index is 2.38. The van der Waals surface area contributed by atoms with Crippen molar-refractivity contribution in [2.75, 3.05) is 6.26 Å². The zero-order chi connectivity index (χ0) is 9.97. The van der Waals surface area contributed by atoms with Gasteiger partial charge >= 0.3 is 4.87 Å². The quantitative estimate of drug-likeness (QED) is 0.794. The van der Waals surface area contributed by atoms with Gasteiger partial charge in [-0.1, -0.05) is 23.5 Å². The van der Waals surface area contributed by atoms with Gasteiger partial charge in [-0.2, -0.15) is 0 Å². The molecule has 72 valence electrons. The van der Waals surface area contributed by atoms with E-state index >= 15 is 0 Å². The van der Waals surface area contributed by atoms with Gasteiger partial charge in [-0.05, 0) is 24.0 Å². The Kier molecular flexibility index (Phi) is 2.74. The van der Waals surface area contributed by atoms with Gasteiger partial charge in [0.1, 0.15) is 0 Å². The predicted octanol–water partition coefficient (Wildman–Crippen LogP) is 2.83. The molecule has 0 bridgehead atoms. The molecule has 4 heteroatoms. The van der Waals surface area contributed by atoms with Crippen molar-refractivity contribution in [1.82, 2.24) is 4.98 Å². The van der Waals surface area contributed by atoms with Crippen LogP contribution in [0.3, 0.4) is 0 Å². The lowest BCUT2D eigenvalue weighted by molar-refractivity contribution is 1.33. The van der Waals surface area contributed by atoms with Crippen LogP contribution in [0.25, 0.3) is 11.3 Å². The molecule has 1 aromatic heterocycles. The van der Waals surface area contributed by atoms with Crippen molar-refractivity contribution in [3.05, 3.63) is 39.3 Å². The minimum Gasteiger partial charge on any atom is -0.312 e. The van der Waals surface area contributed by atoms with E-state index < -0.39 is 0 Å². The number of hydrogen-bond donors (Lipinski definition) is 1. The molecule has 0 aliphatic heterocycles. The number of thioether (sulfide) groups is 1. The van der Waals surface area contributed by atoms with Crippen molar-refractivity contribution in [3.63, 3.8) is 0 Å². The van der Waals surface area contributed by atoms with Crippen molar-refractivity contribution < 1.29 is 0 Å². The SMILES string of the molecule is CSc1ccc(-c2csc(=O)[nH]2)cc1. The number of aromatic nitrogens is 1. The van der Waals surface area contributed by atoms with E-state index in [0.717, 1.165) is 11.3 Å². The largest absolute Gasteiger partial charge is 0.312 e. The normalized spacial score (nSPS) is 10.4. The third-order valence-corrected chi connectivity index (χ3v) is 3.33. The Morgan fingerprint density at radius 3 is 2.50 bits per heavy atom. The maximum Gasteiger partial charge on any atom is 0.304 e. The predicted molar refractivity (Wildman–Crippen MR) is 62.2 cm³/mol. The average Bonchev–Trinajstić information content (AvgIpc) is 2.65. The molecule has 2 aromatic rings. The van der Waals surface area contributed by atoms with E-state index in [1.54, 1.807) is 11.8 Å². The summed E-state index contributed by atoms with van der Waals surface area (Å²) in [5.74, 6) is 0. The van der Waals surface area contributed by atoms with Crippen LogP contribution in [0.2, 0.25) is 0 Å². The lowest BCUT2D eigenvalue weighted by atomic mass is 10.2. The van der Waals surface area contributed by atoms with Gasteiger partial charge < -0.3 is 4.98 Å². The molecule has 0 atom stereocenters. The molecule has 0 fully saturated rings. The van der Waals surface area contributed by atoms with Gasteiger partial charge in [-0.25, -0.2) is 0 Å². The summed E-state index contributed by atoms with van der Waals surface area (Å²) < 4.78 is 0. The van der Waals surface area contributed by atoms with E-state index in [2.05, 4.69) is 17.1 Å². The summed E-state index contributed by atoms with van der Waals surface area (Å²) in [5.41, 5.74) is 1.95. The Labute approximate surface area is 90.0 Å². The van der Waals surface area contributed by atoms with Crippen LogP contribution in [0.5, 0.6) is 0 Å². The third kappa shape index (κ3) is 1.91. The molecule has 0 saturated heterocycles. The number of thiazole rings is 1. The van der Waals surface area contributed by atoms with Crippen LogP contribution in [-0.2, 0) is 0 Å². The van der Waals surface area contributed by atoms with Crippen LogP contribution >= 0.6 is 23.1 Å². The lowest BCUT2D eigenvalue weighted by Crippen LogP contribution is -1.92. The van der Waals surface area contributed by atoms with E-state index in [9.17, 15) is 4.79 Å². The van der Waals surface area contributed by atoms with Gasteiger partial charge in [0.25, 0.3) is 0 Å². The van der Waals surface area contributed by atoms with Crippen LogP contribution in [0, 0.1) is 0 Å². The zero-order valence-corrected chi connectivity index (χ0v) is 9.24. The molecule has 1 heterocycles. The highest BCUT2D eigenvalue weighted by molar-refractivity contribution is 7.98. The van der Waals surface area contributed by atoms with Crippen molar-refractivity contribution >= 4 is 23.1 Å². The number of hydrogen-bond acceptors (Lipinski definition) is 3. The molecule has 2 nitrogen and oxygen atoms in total. The fourth-order valence-corrected chi connectivity index (χ4v) is 2.19. The standard InChI is InChI=1S/C10H9NOS2/c1-13-8-4-2-7(3-5-8)9-6-14-10(12)11-9/h2-6H,1H3,(H,11,12). The number of aromatic amines is 1. The Bertz CT molecular complexity index is 469. The number of H-pyrrole nitrogens is 1. The van der Waals surface area contributed by atoms with Crippen LogP contribution in [0.15, 0.2) is 39.3 Å². The van der Waals surface area contributed by atoms with Gasteiger partial charge in [-0.15, -0.1) is 11.8 Å². The second-order valence-corrected chi connectivity index (χ2v) is 4.51. The molecule has 0 aliphatic rings.